The number of aryl methyl sites for hydroxylation is 1. The van der Waals surface area contributed by atoms with Gasteiger partial charge in [0.1, 0.15) is 4.88 Å². The number of carbonyl (C=O) groups is 1. The van der Waals surface area contributed by atoms with Crippen molar-refractivity contribution in [1.29, 1.82) is 0 Å². The monoisotopic (exact) mass is 337 g/mol. The summed E-state index contributed by atoms with van der Waals surface area (Å²) in [6, 6.07) is 6.19. The molecule has 5 heteroatoms. The fourth-order valence-electron chi connectivity index (χ4n) is 2.84. The van der Waals surface area contributed by atoms with Gasteiger partial charge in [-0.1, -0.05) is 30.7 Å². The maximum absolute atomic E-state index is 12.5. The summed E-state index contributed by atoms with van der Waals surface area (Å²) in [5.74, 6) is -0.104. The van der Waals surface area contributed by atoms with Crippen LogP contribution in [0.15, 0.2) is 18.2 Å². The molecule has 3 nitrogen and oxygen atoms in total. The number of carbonyl (C=O) groups excluding carboxylic acids is 1. The maximum Gasteiger partial charge on any atom is 0.263 e. The van der Waals surface area contributed by atoms with Crippen molar-refractivity contribution in [3.63, 3.8) is 0 Å². The second-order valence-electron chi connectivity index (χ2n) is 5.74. The van der Waals surface area contributed by atoms with Gasteiger partial charge in [-0.05, 0) is 37.8 Å². The molecule has 2 heterocycles. The highest BCUT2D eigenvalue weighted by Crippen LogP contribution is 2.36. The van der Waals surface area contributed by atoms with Crippen molar-refractivity contribution in [3.05, 3.63) is 33.7 Å². The third-order valence-corrected chi connectivity index (χ3v) is 5.85. The molecule has 0 bridgehead atoms. The molecule has 3 rings (SSSR count). The summed E-state index contributed by atoms with van der Waals surface area (Å²) < 4.78 is 6.70. The van der Waals surface area contributed by atoms with E-state index in [1.165, 1.54) is 16.9 Å². The van der Waals surface area contributed by atoms with Gasteiger partial charge in [-0.3, -0.25) is 4.79 Å². The van der Waals surface area contributed by atoms with E-state index < -0.39 is 0 Å². The predicted molar refractivity (Wildman–Crippen MR) is 92.1 cm³/mol. The zero-order valence-electron chi connectivity index (χ0n) is 12.8. The minimum absolute atomic E-state index is 0.00230. The van der Waals surface area contributed by atoms with Crippen LogP contribution in [0.3, 0.4) is 0 Å². The lowest BCUT2D eigenvalue weighted by Gasteiger charge is -2.19. The molecule has 1 aliphatic rings. The van der Waals surface area contributed by atoms with Crippen molar-refractivity contribution in [2.45, 2.75) is 45.3 Å². The molecule has 22 heavy (non-hydrogen) atoms. The standard InChI is InChI=1S/C17H20ClNO2S/c1-3-11-6-7-12-14(9-11)22-16(15(12)18)17(20)19-10(2)13-5-4-8-21-13/h6-7,9-10,13H,3-5,8H2,1-2H3,(H,19,20)/t10-,13-/m1/s1. The van der Waals surface area contributed by atoms with Crippen LogP contribution in [0.4, 0.5) is 0 Å². The third kappa shape index (κ3) is 3.00. The fourth-order valence-corrected chi connectivity index (χ4v) is 4.32. The smallest absolute Gasteiger partial charge is 0.263 e. The molecule has 0 unspecified atom stereocenters. The van der Waals surface area contributed by atoms with Crippen molar-refractivity contribution in [2.75, 3.05) is 6.61 Å². The van der Waals surface area contributed by atoms with E-state index in [0.717, 1.165) is 36.0 Å². The average molecular weight is 338 g/mol. The number of amides is 1. The Kier molecular flexibility index (Phi) is 4.71. The van der Waals surface area contributed by atoms with Gasteiger partial charge in [0, 0.05) is 16.7 Å². The molecule has 0 saturated carbocycles. The molecule has 1 fully saturated rings. The number of nitrogens with one attached hydrogen (secondary N) is 1. The molecule has 118 valence electrons. The topological polar surface area (TPSA) is 38.3 Å². The highest BCUT2D eigenvalue weighted by molar-refractivity contribution is 7.21. The molecule has 0 radical (unpaired) electrons. The van der Waals surface area contributed by atoms with Crippen molar-refractivity contribution in [2.24, 2.45) is 0 Å². The summed E-state index contributed by atoms with van der Waals surface area (Å²) in [6.07, 6.45) is 3.16. The number of hydrogen-bond acceptors (Lipinski definition) is 3. The Morgan fingerprint density at radius 1 is 1.55 bits per heavy atom. The maximum atomic E-state index is 12.5. The van der Waals surface area contributed by atoms with Crippen LogP contribution in [-0.2, 0) is 11.2 Å². The number of fused-ring (bicyclic) bond motifs is 1. The van der Waals surface area contributed by atoms with Crippen LogP contribution in [0.2, 0.25) is 5.02 Å². The predicted octanol–water partition coefficient (Wildman–Crippen LogP) is 4.41. The molecule has 1 aliphatic heterocycles. The minimum atomic E-state index is -0.104. The Balaban J connectivity index is 1.82. The van der Waals surface area contributed by atoms with Crippen molar-refractivity contribution in [1.82, 2.24) is 5.32 Å². The van der Waals surface area contributed by atoms with E-state index in [-0.39, 0.29) is 18.1 Å². The lowest BCUT2D eigenvalue weighted by molar-refractivity contribution is 0.0715. The Bertz CT molecular complexity index is 691. The quantitative estimate of drug-likeness (QED) is 0.897. The van der Waals surface area contributed by atoms with Crippen LogP contribution in [0.5, 0.6) is 0 Å². The first kappa shape index (κ1) is 15.8. The van der Waals surface area contributed by atoms with Gasteiger partial charge in [0.25, 0.3) is 5.91 Å². The summed E-state index contributed by atoms with van der Waals surface area (Å²) in [6.45, 7) is 4.89. The van der Waals surface area contributed by atoms with Crippen LogP contribution in [0.1, 0.15) is 41.9 Å². The summed E-state index contributed by atoms with van der Waals surface area (Å²) in [5, 5.41) is 4.54. The van der Waals surface area contributed by atoms with Gasteiger partial charge in [0.2, 0.25) is 0 Å². The van der Waals surface area contributed by atoms with Crippen molar-refractivity contribution >= 4 is 38.9 Å². The first-order valence-corrected chi connectivity index (χ1v) is 8.93. The Morgan fingerprint density at radius 3 is 3.05 bits per heavy atom. The van der Waals surface area contributed by atoms with Gasteiger partial charge in [-0.25, -0.2) is 0 Å². The largest absolute Gasteiger partial charge is 0.376 e. The molecule has 0 aliphatic carbocycles. The lowest BCUT2D eigenvalue weighted by atomic mass is 10.1. The van der Waals surface area contributed by atoms with Gasteiger partial charge in [-0.2, -0.15) is 0 Å². The van der Waals surface area contributed by atoms with Crippen molar-refractivity contribution < 1.29 is 9.53 Å². The highest BCUT2D eigenvalue weighted by atomic mass is 35.5. The second kappa shape index (κ2) is 6.57. The van der Waals surface area contributed by atoms with Crippen LogP contribution in [-0.4, -0.2) is 24.7 Å². The van der Waals surface area contributed by atoms with Crippen LogP contribution >= 0.6 is 22.9 Å². The van der Waals surface area contributed by atoms with E-state index in [9.17, 15) is 4.79 Å². The van der Waals surface area contributed by atoms with E-state index in [4.69, 9.17) is 16.3 Å². The van der Waals surface area contributed by atoms with Crippen LogP contribution < -0.4 is 5.32 Å². The summed E-state index contributed by atoms with van der Waals surface area (Å²) in [4.78, 5) is 13.1. The Labute approximate surface area is 139 Å². The molecule has 2 atom stereocenters. The number of ether oxygens (including phenoxy) is 1. The fraction of sp³-hybridized carbons (Fsp3) is 0.471. The van der Waals surface area contributed by atoms with Gasteiger partial charge in [0.05, 0.1) is 17.2 Å². The number of benzene rings is 1. The first-order chi connectivity index (χ1) is 10.6. The Hall–Kier alpha value is -1.10. The van der Waals surface area contributed by atoms with Crippen molar-refractivity contribution in [3.8, 4) is 0 Å². The zero-order chi connectivity index (χ0) is 15.7. The van der Waals surface area contributed by atoms with E-state index in [0.29, 0.717) is 9.90 Å². The summed E-state index contributed by atoms with van der Waals surface area (Å²) in [7, 11) is 0. The van der Waals surface area contributed by atoms with E-state index in [1.54, 1.807) is 0 Å². The zero-order valence-corrected chi connectivity index (χ0v) is 14.4. The summed E-state index contributed by atoms with van der Waals surface area (Å²) >= 11 is 7.87. The molecule has 1 aromatic heterocycles. The Morgan fingerprint density at radius 2 is 2.36 bits per heavy atom. The molecule has 1 aromatic carbocycles. The van der Waals surface area contributed by atoms with Gasteiger partial charge in [0.15, 0.2) is 0 Å². The normalized spacial score (nSPS) is 19.5. The highest BCUT2D eigenvalue weighted by Gasteiger charge is 2.25. The van der Waals surface area contributed by atoms with Crippen LogP contribution in [0.25, 0.3) is 10.1 Å². The molecule has 1 N–H and O–H groups in total. The van der Waals surface area contributed by atoms with E-state index in [1.807, 2.05) is 13.0 Å². The first-order valence-electron chi connectivity index (χ1n) is 7.73. The number of rotatable bonds is 4. The number of thiophene rings is 1. The number of hydrogen-bond donors (Lipinski definition) is 1. The third-order valence-electron chi connectivity index (χ3n) is 4.19. The second-order valence-corrected chi connectivity index (χ2v) is 7.17. The van der Waals surface area contributed by atoms with E-state index >= 15 is 0 Å². The van der Waals surface area contributed by atoms with E-state index in [2.05, 4.69) is 24.4 Å². The molecule has 1 amide bonds. The molecule has 1 saturated heterocycles. The van der Waals surface area contributed by atoms with Crippen LogP contribution in [0, 0.1) is 0 Å². The van der Waals surface area contributed by atoms with Gasteiger partial charge < -0.3 is 10.1 Å². The van der Waals surface area contributed by atoms with Gasteiger partial charge >= 0.3 is 0 Å². The number of halogens is 1. The molecular weight excluding hydrogens is 318 g/mol. The summed E-state index contributed by atoms with van der Waals surface area (Å²) in [5.41, 5.74) is 1.25. The average Bonchev–Trinajstić information content (AvgIpc) is 3.15. The molecular formula is C17H20ClNO2S. The SMILES string of the molecule is CCc1ccc2c(Cl)c(C(=O)N[C@H](C)[C@H]3CCCO3)sc2c1. The lowest BCUT2D eigenvalue weighted by Crippen LogP contribution is -2.40. The van der Waals surface area contributed by atoms with Gasteiger partial charge in [-0.15, -0.1) is 11.3 Å². The minimum Gasteiger partial charge on any atom is -0.376 e. The molecule has 2 aromatic rings. The molecule has 0 spiro atoms.